The van der Waals surface area contributed by atoms with Crippen molar-refractivity contribution in [3.05, 3.63) is 30.0 Å². The molecular formula is C19H30N2O. The Kier molecular flexibility index (Phi) is 7.31. The second-order valence-corrected chi connectivity index (χ2v) is 6.03. The van der Waals surface area contributed by atoms with Gasteiger partial charge in [0.2, 0.25) is 0 Å². The fourth-order valence-electron chi connectivity index (χ4n) is 2.86. The Balaban J connectivity index is 1.73. The van der Waals surface area contributed by atoms with Gasteiger partial charge in [-0.3, -0.25) is 0 Å². The molecular weight excluding hydrogens is 272 g/mol. The van der Waals surface area contributed by atoms with Crippen LogP contribution < -0.4 is 10.5 Å². The minimum Gasteiger partial charge on any atom is -0.494 e. The predicted octanol–water partition coefficient (Wildman–Crippen LogP) is 4.80. The smallest absolute Gasteiger partial charge is 0.120 e. The van der Waals surface area contributed by atoms with E-state index in [-0.39, 0.29) is 0 Å². The zero-order valence-corrected chi connectivity index (χ0v) is 13.9. The molecule has 0 atom stereocenters. The summed E-state index contributed by atoms with van der Waals surface area (Å²) in [5.41, 5.74) is 8.10. The van der Waals surface area contributed by atoms with E-state index in [4.69, 9.17) is 10.5 Å². The molecule has 122 valence electrons. The molecule has 0 unspecified atom stereocenters. The maximum atomic E-state index is 5.90. The molecule has 2 rings (SSSR count). The monoisotopic (exact) mass is 302 g/mol. The second-order valence-electron chi connectivity index (χ2n) is 6.03. The van der Waals surface area contributed by atoms with Gasteiger partial charge in [0, 0.05) is 17.1 Å². The molecule has 3 nitrogen and oxygen atoms in total. The van der Waals surface area contributed by atoms with Crippen molar-refractivity contribution in [2.24, 2.45) is 5.73 Å². The summed E-state index contributed by atoms with van der Waals surface area (Å²) < 4.78 is 5.90. The van der Waals surface area contributed by atoms with Crippen LogP contribution in [0.5, 0.6) is 5.75 Å². The van der Waals surface area contributed by atoms with Crippen LogP contribution >= 0.6 is 0 Å². The summed E-state index contributed by atoms with van der Waals surface area (Å²) in [4.78, 5) is 3.29. The number of aromatic nitrogens is 1. The Morgan fingerprint density at radius 2 is 1.82 bits per heavy atom. The largest absolute Gasteiger partial charge is 0.494 e. The Labute approximate surface area is 134 Å². The van der Waals surface area contributed by atoms with E-state index in [1.165, 1.54) is 49.5 Å². The number of hydrogen-bond donors (Lipinski definition) is 2. The van der Waals surface area contributed by atoms with E-state index < -0.39 is 0 Å². The highest BCUT2D eigenvalue weighted by atomic mass is 16.5. The number of fused-ring (bicyclic) bond motifs is 1. The summed E-state index contributed by atoms with van der Waals surface area (Å²) >= 11 is 0. The lowest BCUT2D eigenvalue weighted by molar-refractivity contribution is 0.304. The number of aromatic amines is 1. The molecule has 0 fully saturated rings. The molecule has 0 bridgehead atoms. The zero-order valence-electron chi connectivity index (χ0n) is 13.9. The molecule has 0 spiro atoms. The third-order valence-electron chi connectivity index (χ3n) is 4.17. The van der Waals surface area contributed by atoms with E-state index in [0.29, 0.717) is 6.54 Å². The summed E-state index contributed by atoms with van der Waals surface area (Å²) in [5.74, 6) is 0.969. The van der Waals surface area contributed by atoms with Gasteiger partial charge in [-0.2, -0.15) is 0 Å². The van der Waals surface area contributed by atoms with Crippen LogP contribution in [0.3, 0.4) is 0 Å². The summed E-state index contributed by atoms with van der Waals surface area (Å²) in [6.07, 6.45) is 12.1. The standard InChI is InChI=1S/C19H30N2O/c1-2-3-4-5-6-7-8-13-22-17-9-10-19-18(14-17)16(11-12-20)15-21-19/h9-10,14-15,21H,2-8,11-13,20H2,1H3. The number of unbranched alkanes of at least 4 members (excludes halogenated alkanes) is 6. The van der Waals surface area contributed by atoms with Crippen molar-refractivity contribution in [3.63, 3.8) is 0 Å². The van der Waals surface area contributed by atoms with Crippen LogP contribution in [-0.4, -0.2) is 18.1 Å². The third-order valence-corrected chi connectivity index (χ3v) is 4.17. The van der Waals surface area contributed by atoms with Gasteiger partial charge < -0.3 is 15.5 Å². The average Bonchev–Trinajstić information content (AvgIpc) is 2.93. The predicted molar refractivity (Wildman–Crippen MR) is 94.5 cm³/mol. The first kappa shape index (κ1) is 16.9. The Morgan fingerprint density at radius 3 is 2.59 bits per heavy atom. The summed E-state index contributed by atoms with van der Waals surface area (Å²) in [6, 6.07) is 6.28. The lowest BCUT2D eigenvalue weighted by Gasteiger charge is -2.07. The van der Waals surface area contributed by atoms with E-state index in [2.05, 4.69) is 30.2 Å². The zero-order chi connectivity index (χ0) is 15.6. The first-order valence-electron chi connectivity index (χ1n) is 8.78. The van der Waals surface area contributed by atoms with Gasteiger partial charge in [0.1, 0.15) is 5.75 Å². The quantitative estimate of drug-likeness (QED) is 0.586. The minimum absolute atomic E-state index is 0.677. The number of benzene rings is 1. The van der Waals surface area contributed by atoms with E-state index >= 15 is 0 Å². The van der Waals surface area contributed by atoms with E-state index in [1.807, 2.05) is 6.07 Å². The van der Waals surface area contributed by atoms with Crippen molar-refractivity contribution >= 4 is 10.9 Å². The average molecular weight is 302 g/mol. The Bertz CT molecular complexity index is 547. The topological polar surface area (TPSA) is 51.0 Å². The van der Waals surface area contributed by atoms with Gasteiger partial charge in [-0.15, -0.1) is 0 Å². The van der Waals surface area contributed by atoms with Crippen LogP contribution in [0.1, 0.15) is 57.4 Å². The number of nitrogens with one attached hydrogen (secondary N) is 1. The Hall–Kier alpha value is -1.48. The number of rotatable bonds is 11. The molecule has 0 radical (unpaired) electrons. The number of hydrogen-bond acceptors (Lipinski definition) is 2. The van der Waals surface area contributed by atoms with Crippen LogP contribution in [0.25, 0.3) is 10.9 Å². The fourth-order valence-corrected chi connectivity index (χ4v) is 2.86. The van der Waals surface area contributed by atoms with E-state index in [1.54, 1.807) is 0 Å². The highest BCUT2D eigenvalue weighted by Gasteiger charge is 2.04. The van der Waals surface area contributed by atoms with Gasteiger partial charge in [-0.25, -0.2) is 0 Å². The van der Waals surface area contributed by atoms with Gasteiger partial charge in [0.25, 0.3) is 0 Å². The number of H-pyrrole nitrogens is 1. The maximum Gasteiger partial charge on any atom is 0.120 e. The van der Waals surface area contributed by atoms with Crippen molar-refractivity contribution in [1.82, 2.24) is 4.98 Å². The van der Waals surface area contributed by atoms with Gasteiger partial charge in [-0.05, 0) is 43.1 Å². The first-order chi connectivity index (χ1) is 10.8. The maximum absolute atomic E-state index is 5.90. The molecule has 2 aromatic rings. The third kappa shape index (κ3) is 5.06. The van der Waals surface area contributed by atoms with Gasteiger partial charge in [-0.1, -0.05) is 45.4 Å². The molecule has 1 aromatic heterocycles. The van der Waals surface area contributed by atoms with Crippen LogP contribution in [0.4, 0.5) is 0 Å². The lowest BCUT2D eigenvalue weighted by atomic mass is 10.1. The molecule has 0 aliphatic carbocycles. The van der Waals surface area contributed by atoms with Crippen LogP contribution in [0, 0.1) is 0 Å². The SMILES string of the molecule is CCCCCCCCCOc1ccc2[nH]cc(CCN)c2c1. The molecule has 1 aromatic carbocycles. The van der Waals surface area contributed by atoms with Crippen molar-refractivity contribution in [3.8, 4) is 5.75 Å². The number of nitrogens with two attached hydrogens (primary N) is 1. The normalized spacial score (nSPS) is 11.2. The summed E-state index contributed by atoms with van der Waals surface area (Å²) in [6.45, 7) is 3.75. The molecule has 1 heterocycles. The summed E-state index contributed by atoms with van der Waals surface area (Å²) in [5, 5.41) is 1.24. The van der Waals surface area contributed by atoms with Gasteiger partial charge in [0.15, 0.2) is 0 Å². The van der Waals surface area contributed by atoms with Crippen molar-refractivity contribution in [2.75, 3.05) is 13.2 Å². The molecule has 22 heavy (non-hydrogen) atoms. The molecule has 3 heteroatoms. The van der Waals surface area contributed by atoms with Crippen molar-refractivity contribution in [1.29, 1.82) is 0 Å². The lowest BCUT2D eigenvalue weighted by Crippen LogP contribution is -2.02. The highest BCUT2D eigenvalue weighted by Crippen LogP contribution is 2.24. The van der Waals surface area contributed by atoms with Crippen LogP contribution in [0.15, 0.2) is 24.4 Å². The van der Waals surface area contributed by atoms with Crippen LogP contribution in [-0.2, 0) is 6.42 Å². The second kappa shape index (κ2) is 9.52. The Morgan fingerprint density at radius 1 is 1.05 bits per heavy atom. The summed E-state index contributed by atoms with van der Waals surface area (Å²) in [7, 11) is 0. The van der Waals surface area contributed by atoms with Crippen LogP contribution in [0.2, 0.25) is 0 Å². The van der Waals surface area contributed by atoms with Gasteiger partial charge in [0.05, 0.1) is 6.61 Å². The number of ether oxygens (including phenoxy) is 1. The van der Waals surface area contributed by atoms with E-state index in [9.17, 15) is 0 Å². The molecule has 0 saturated heterocycles. The molecule has 0 amide bonds. The molecule has 0 saturated carbocycles. The van der Waals surface area contributed by atoms with Gasteiger partial charge >= 0.3 is 0 Å². The molecule has 3 N–H and O–H groups in total. The first-order valence-corrected chi connectivity index (χ1v) is 8.78. The van der Waals surface area contributed by atoms with Crippen molar-refractivity contribution in [2.45, 2.75) is 58.3 Å². The highest BCUT2D eigenvalue weighted by molar-refractivity contribution is 5.84. The van der Waals surface area contributed by atoms with Crippen molar-refractivity contribution < 1.29 is 4.74 Å². The molecule has 0 aliphatic rings. The fraction of sp³-hybridized carbons (Fsp3) is 0.579. The molecule has 0 aliphatic heterocycles. The van der Waals surface area contributed by atoms with E-state index in [0.717, 1.165) is 30.7 Å². The minimum atomic E-state index is 0.677.